The summed E-state index contributed by atoms with van der Waals surface area (Å²) in [6.45, 7) is 3.85. The predicted molar refractivity (Wildman–Crippen MR) is 86.7 cm³/mol. The van der Waals surface area contributed by atoms with Crippen LogP contribution in [0.2, 0.25) is 0 Å². The second-order valence-corrected chi connectivity index (χ2v) is 5.98. The van der Waals surface area contributed by atoms with Gasteiger partial charge in [-0.2, -0.15) is 0 Å². The van der Waals surface area contributed by atoms with E-state index in [2.05, 4.69) is 6.92 Å². The molecule has 2 N–H and O–H groups in total. The van der Waals surface area contributed by atoms with E-state index < -0.39 is 17.4 Å². The molecule has 0 spiro atoms. The maximum atomic E-state index is 11.2. The first-order valence-corrected chi connectivity index (χ1v) is 8.48. The van der Waals surface area contributed by atoms with E-state index in [0.29, 0.717) is 6.42 Å². The number of carbonyl (C=O) groups is 2. The molecule has 4 nitrogen and oxygen atoms in total. The minimum absolute atomic E-state index is 0. The minimum atomic E-state index is -1.58. The second kappa shape index (κ2) is 18.0. The van der Waals surface area contributed by atoms with Crippen molar-refractivity contribution in [2.45, 2.75) is 90.9 Å². The van der Waals surface area contributed by atoms with Gasteiger partial charge >= 0.3 is 82.2 Å². The monoisotopic (exact) mass is 348 g/mol. The van der Waals surface area contributed by atoms with Crippen LogP contribution in [0.3, 0.4) is 0 Å². The Balaban J connectivity index is -0.000000333. The van der Waals surface area contributed by atoms with Gasteiger partial charge in [-0.05, 0) is 12.8 Å². The summed E-state index contributed by atoms with van der Waals surface area (Å²) < 4.78 is 0. The molecule has 0 amide bonds. The molecule has 0 saturated carbocycles. The summed E-state index contributed by atoms with van der Waals surface area (Å²) in [6.07, 6.45) is 12.0. The van der Waals surface area contributed by atoms with Gasteiger partial charge in [-0.1, -0.05) is 78.1 Å². The van der Waals surface area contributed by atoms with Crippen LogP contribution < -0.4 is 70.2 Å². The molecule has 0 heterocycles. The molecule has 0 unspecified atom stereocenters. The van der Waals surface area contributed by atoms with E-state index >= 15 is 0 Å². The van der Waals surface area contributed by atoms with Crippen LogP contribution in [-0.4, -0.2) is 22.2 Å². The predicted octanol–water partition coefficient (Wildman–Crippen LogP) is -0.904. The average molecular weight is 348 g/mol. The summed E-state index contributed by atoms with van der Waals surface area (Å²) in [4.78, 5) is 22.4. The maximum Gasteiger partial charge on any atom is 1.00 e. The van der Waals surface area contributed by atoms with Gasteiger partial charge in [0.1, 0.15) is 0 Å². The smallest absolute Gasteiger partial charge is 1.00 e. The zero-order chi connectivity index (χ0) is 16.1. The largest absolute Gasteiger partial charge is 1.00 e. The van der Waals surface area contributed by atoms with Crippen LogP contribution in [0, 0.1) is 5.41 Å². The molecular formula is C17H34KLiO4. The zero-order valence-electron chi connectivity index (χ0n) is 17.7. The van der Waals surface area contributed by atoms with Crippen LogP contribution >= 0.6 is 0 Å². The Labute approximate surface area is 199 Å². The molecule has 0 radical (unpaired) electrons. The van der Waals surface area contributed by atoms with E-state index in [1.54, 1.807) is 6.92 Å². The van der Waals surface area contributed by atoms with Crippen molar-refractivity contribution in [3.05, 3.63) is 0 Å². The average Bonchev–Trinajstić information content (AvgIpc) is 2.44. The van der Waals surface area contributed by atoms with Gasteiger partial charge in [-0.3, -0.25) is 9.59 Å². The number of unbranched alkanes of at least 4 members (excludes halogenated alkanes) is 9. The Bertz CT molecular complexity index is 307. The molecule has 0 atom stereocenters. The first-order chi connectivity index (χ1) is 10.0. The first-order valence-electron chi connectivity index (χ1n) is 8.48. The van der Waals surface area contributed by atoms with Crippen molar-refractivity contribution < 1.29 is 92.9 Å². The Kier molecular flexibility index (Phi) is 22.6. The standard InChI is InChI=1S/C17H32O4.K.Li.2H/c1-3-5-6-7-8-9-10-11-12-13-14-17(4-2,15(18)19)16(20)21;;;;/h3-14H2,1-2H3,(H,18,19)(H,20,21);;;;/q;2*+1;2*-1. The second-order valence-electron chi connectivity index (χ2n) is 5.98. The molecule has 128 valence electrons. The molecule has 0 aromatic heterocycles. The fourth-order valence-corrected chi connectivity index (χ4v) is 2.70. The molecule has 0 bridgehead atoms. The number of carboxylic acid groups (broad SMARTS) is 2. The molecule has 0 aliphatic rings. The van der Waals surface area contributed by atoms with Crippen molar-refractivity contribution in [3.63, 3.8) is 0 Å². The Morgan fingerprint density at radius 1 is 0.783 bits per heavy atom. The molecular weight excluding hydrogens is 314 g/mol. The van der Waals surface area contributed by atoms with Crippen LogP contribution in [0.1, 0.15) is 93.8 Å². The van der Waals surface area contributed by atoms with Crippen LogP contribution in [0.25, 0.3) is 0 Å². The summed E-state index contributed by atoms with van der Waals surface area (Å²) in [5, 5.41) is 18.3. The van der Waals surface area contributed by atoms with E-state index in [9.17, 15) is 9.59 Å². The Morgan fingerprint density at radius 3 is 1.43 bits per heavy atom. The van der Waals surface area contributed by atoms with Gasteiger partial charge in [-0.25, -0.2) is 0 Å². The molecule has 0 fully saturated rings. The summed E-state index contributed by atoms with van der Waals surface area (Å²) >= 11 is 0. The number of carboxylic acids is 2. The molecule has 0 saturated heterocycles. The molecule has 6 heteroatoms. The Hall–Kier alpha value is 1.17. The van der Waals surface area contributed by atoms with Crippen molar-refractivity contribution >= 4 is 11.9 Å². The molecule has 0 rings (SSSR count). The molecule has 0 aromatic rings. The van der Waals surface area contributed by atoms with E-state index in [1.165, 1.54) is 44.9 Å². The van der Waals surface area contributed by atoms with Crippen LogP contribution in [-0.2, 0) is 9.59 Å². The van der Waals surface area contributed by atoms with Crippen molar-refractivity contribution in [1.82, 2.24) is 0 Å². The quantitative estimate of drug-likeness (QED) is 0.242. The number of hydrogen-bond donors (Lipinski definition) is 2. The fourth-order valence-electron chi connectivity index (χ4n) is 2.70. The van der Waals surface area contributed by atoms with Crippen LogP contribution in [0.4, 0.5) is 0 Å². The third-order valence-electron chi connectivity index (χ3n) is 4.38. The maximum absolute atomic E-state index is 11.2. The first kappa shape index (κ1) is 29.0. The third-order valence-corrected chi connectivity index (χ3v) is 4.38. The summed E-state index contributed by atoms with van der Waals surface area (Å²) in [5.74, 6) is -2.40. The topological polar surface area (TPSA) is 74.6 Å². The van der Waals surface area contributed by atoms with E-state index in [0.717, 1.165) is 12.8 Å². The van der Waals surface area contributed by atoms with Gasteiger partial charge in [0.15, 0.2) is 5.41 Å². The normalized spacial score (nSPS) is 10.5. The number of hydrogen-bond acceptors (Lipinski definition) is 2. The van der Waals surface area contributed by atoms with Crippen LogP contribution in [0.15, 0.2) is 0 Å². The van der Waals surface area contributed by atoms with E-state index in [1.807, 2.05) is 0 Å². The summed E-state index contributed by atoms with van der Waals surface area (Å²) in [5.41, 5.74) is -1.58. The third kappa shape index (κ3) is 12.2. The van der Waals surface area contributed by atoms with Gasteiger partial charge in [0.05, 0.1) is 0 Å². The zero-order valence-corrected chi connectivity index (χ0v) is 18.8. The SMILES string of the molecule is CCCCCCCCCCCCC(CC)(C(=O)O)C(=O)O.[H-].[H-].[K+].[Li+]. The Morgan fingerprint density at radius 2 is 1.13 bits per heavy atom. The van der Waals surface area contributed by atoms with Gasteiger partial charge in [0.25, 0.3) is 0 Å². The van der Waals surface area contributed by atoms with Crippen molar-refractivity contribution in [2.75, 3.05) is 0 Å². The van der Waals surface area contributed by atoms with Crippen LogP contribution in [0.5, 0.6) is 0 Å². The molecule has 23 heavy (non-hydrogen) atoms. The van der Waals surface area contributed by atoms with Gasteiger partial charge in [-0.15, -0.1) is 0 Å². The molecule has 0 aromatic carbocycles. The molecule has 0 aliphatic heterocycles. The number of rotatable bonds is 14. The van der Waals surface area contributed by atoms with Crippen molar-refractivity contribution in [2.24, 2.45) is 5.41 Å². The fraction of sp³-hybridized carbons (Fsp3) is 0.882. The van der Waals surface area contributed by atoms with Crippen molar-refractivity contribution in [1.29, 1.82) is 0 Å². The minimum Gasteiger partial charge on any atom is -1.00 e. The summed E-state index contributed by atoms with van der Waals surface area (Å²) in [6, 6.07) is 0. The number of aliphatic carboxylic acids is 2. The summed E-state index contributed by atoms with van der Waals surface area (Å²) in [7, 11) is 0. The van der Waals surface area contributed by atoms with Gasteiger partial charge in [0, 0.05) is 0 Å². The molecule has 0 aliphatic carbocycles. The van der Waals surface area contributed by atoms with E-state index in [-0.39, 0.29) is 85.9 Å². The van der Waals surface area contributed by atoms with E-state index in [4.69, 9.17) is 10.2 Å². The van der Waals surface area contributed by atoms with Crippen molar-refractivity contribution in [3.8, 4) is 0 Å². The van der Waals surface area contributed by atoms with Gasteiger partial charge in [0.2, 0.25) is 0 Å². The van der Waals surface area contributed by atoms with Gasteiger partial charge < -0.3 is 13.1 Å².